The molecule has 0 saturated carbocycles. The molecule has 0 radical (unpaired) electrons. The maximum atomic E-state index is 10.8. The molecule has 0 spiro atoms. The summed E-state index contributed by atoms with van der Waals surface area (Å²) in [6.07, 6.45) is 0.465. The van der Waals surface area contributed by atoms with Crippen molar-refractivity contribution in [3.05, 3.63) is 29.3 Å². The number of ether oxygens (including phenoxy) is 1. The molecule has 1 saturated heterocycles. The number of carboxylic acid groups (broad SMARTS) is 1. The quantitative estimate of drug-likeness (QED) is 0.888. The Morgan fingerprint density at radius 1 is 1.41 bits per heavy atom. The Bertz CT molecular complexity index is 533. The second-order valence-corrected chi connectivity index (χ2v) is 5.11. The Balaban J connectivity index is 1.87. The number of fused-ring (bicyclic) bond motifs is 1. The maximum absolute atomic E-state index is 10.8. The maximum Gasteiger partial charge on any atom is 0.332 e. The van der Waals surface area contributed by atoms with Crippen molar-refractivity contribution in [3.8, 4) is 0 Å². The molecule has 1 aliphatic heterocycles. The van der Waals surface area contributed by atoms with Crippen LogP contribution in [-0.4, -0.2) is 22.2 Å². The molecule has 4 nitrogen and oxygen atoms in total. The molecular weight excluding hydrogens is 238 g/mol. The standard InChI is InChI=1S/C12H11NO3S/c14-12(15)9-6-5-8(16-9)11-13-7-3-1-2-4-10(7)17-11/h1-4,8-9H,5-6H2,(H,14,15). The average Bonchev–Trinajstić information content (AvgIpc) is 2.95. The van der Waals surface area contributed by atoms with Gasteiger partial charge in [-0.3, -0.25) is 0 Å². The first-order chi connectivity index (χ1) is 8.24. The van der Waals surface area contributed by atoms with Crippen molar-refractivity contribution in [2.75, 3.05) is 0 Å². The Labute approximate surface area is 102 Å². The van der Waals surface area contributed by atoms with E-state index in [0.717, 1.165) is 21.6 Å². The van der Waals surface area contributed by atoms with E-state index in [2.05, 4.69) is 4.98 Å². The molecule has 1 aromatic heterocycles. The van der Waals surface area contributed by atoms with Gasteiger partial charge in [0.25, 0.3) is 0 Å². The van der Waals surface area contributed by atoms with Gasteiger partial charge < -0.3 is 9.84 Å². The van der Waals surface area contributed by atoms with Crippen molar-refractivity contribution in [2.24, 2.45) is 0 Å². The summed E-state index contributed by atoms with van der Waals surface area (Å²) in [5.41, 5.74) is 0.954. The minimum Gasteiger partial charge on any atom is -0.479 e. The minimum atomic E-state index is -0.881. The highest BCUT2D eigenvalue weighted by Gasteiger charge is 2.33. The number of carbonyl (C=O) groups is 1. The number of carboxylic acids is 1. The molecule has 2 aromatic rings. The smallest absolute Gasteiger partial charge is 0.332 e. The third-order valence-corrected chi connectivity index (χ3v) is 4.01. The third kappa shape index (κ3) is 1.92. The number of benzene rings is 1. The number of aliphatic carboxylic acids is 1. The molecule has 88 valence electrons. The molecule has 0 amide bonds. The van der Waals surface area contributed by atoms with E-state index in [1.165, 1.54) is 0 Å². The predicted molar refractivity (Wildman–Crippen MR) is 64.1 cm³/mol. The lowest BCUT2D eigenvalue weighted by molar-refractivity contribution is -0.149. The zero-order chi connectivity index (χ0) is 11.8. The van der Waals surface area contributed by atoms with Gasteiger partial charge in [-0.25, -0.2) is 9.78 Å². The van der Waals surface area contributed by atoms with Crippen LogP contribution in [0.4, 0.5) is 0 Å². The minimum absolute atomic E-state index is 0.159. The molecule has 5 heteroatoms. The highest BCUT2D eigenvalue weighted by atomic mass is 32.1. The fourth-order valence-corrected chi connectivity index (χ4v) is 3.07. The van der Waals surface area contributed by atoms with Crippen molar-refractivity contribution in [1.29, 1.82) is 0 Å². The number of thiazole rings is 1. The van der Waals surface area contributed by atoms with Gasteiger partial charge in [0.2, 0.25) is 0 Å². The van der Waals surface area contributed by atoms with Crippen LogP contribution in [0.5, 0.6) is 0 Å². The van der Waals surface area contributed by atoms with Crippen molar-refractivity contribution >= 4 is 27.5 Å². The monoisotopic (exact) mass is 249 g/mol. The fourth-order valence-electron chi connectivity index (χ4n) is 2.03. The van der Waals surface area contributed by atoms with Crippen LogP contribution in [0.3, 0.4) is 0 Å². The van der Waals surface area contributed by atoms with E-state index in [0.29, 0.717) is 6.42 Å². The van der Waals surface area contributed by atoms with Crippen LogP contribution < -0.4 is 0 Å². The lowest BCUT2D eigenvalue weighted by atomic mass is 10.2. The number of hydrogen-bond acceptors (Lipinski definition) is 4. The number of hydrogen-bond donors (Lipinski definition) is 1. The first kappa shape index (κ1) is 10.7. The Morgan fingerprint density at radius 2 is 2.24 bits per heavy atom. The van der Waals surface area contributed by atoms with Crippen LogP contribution in [0.2, 0.25) is 0 Å². The van der Waals surface area contributed by atoms with Crippen molar-refractivity contribution in [3.63, 3.8) is 0 Å². The molecule has 2 atom stereocenters. The molecule has 1 aliphatic rings. The lowest BCUT2D eigenvalue weighted by Crippen LogP contribution is -2.18. The zero-order valence-electron chi connectivity index (χ0n) is 9.00. The number of aromatic nitrogens is 1. The van der Waals surface area contributed by atoms with Gasteiger partial charge >= 0.3 is 5.97 Å². The summed E-state index contributed by atoms with van der Waals surface area (Å²) in [5.74, 6) is -0.881. The fraction of sp³-hybridized carbons (Fsp3) is 0.333. The molecule has 1 fully saturated rings. The van der Waals surface area contributed by atoms with Gasteiger partial charge in [0.15, 0.2) is 6.10 Å². The normalized spacial score (nSPS) is 24.2. The molecule has 1 N–H and O–H groups in total. The summed E-state index contributed by atoms with van der Waals surface area (Å²) >= 11 is 1.58. The second kappa shape index (κ2) is 4.09. The second-order valence-electron chi connectivity index (χ2n) is 4.05. The van der Waals surface area contributed by atoms with Gasteiger partial charge in [0.05, 0.1) is 10.2 Å². The van der Waals surface area contributed by atoms with Gasteiger partial charge in [-0.2, -0.15) is 0 Å². The summed E-state index contributed by atoms with van der Waals surface area (Å²) in [7, 11) is 0. The van der Waals surface area contributed by atoms with Crippen molar-refractivity contribution in [2.45, 2.75) is 25.0 Å². The molecule has 0 aliphatic carbocycles. The van der Waals surface area contributed by atoms with E-state index in [4.69, 9.17) is 9.84 Å². The predicted octanol–water partition coefficient (Wildman–Crippen LogP) is 2.60. The summed E-state index contributed by atoms with van der Waals surface area (Å²) in [6, 6.07) is 7.89. The zero-order valence-corrected chi connectivity index (χ0v) is 9.81. The number of rotatable bonds is 2. The largest absolute Gasteiger partial charge is 0.479 e. The Kier molecular flexibility index (Phi) is 2.57. The van der Waals surface area contributed by atoms with Crippen LogP contribution >= 0.6 is 11.3 Å². The molecule has 2 unspecified atom stereocenters. The summed E-state index contributed by atoms with van der Waals surface area (Å²) in [6.45, 7) is 0. The highest BCUT2D eigenvalue weighted by Crippen LogP contribution is 2.36. The first-order valence-corrected chi connectivity index (χ1v) is 6.29. The van der Waals surface area contributed by atoms with Crippen LogP contribution in [-0.2, 0) is 9.53 Å². The van der Waals surface area contributed by atoms with Gasteiger partial charge in [-0.1, -0.05) is 12.1 Å². The van der Waals surface area contributed by atoms with Crippen molar-refractivity contribution in [1.82, 2.24) is 4.98 Å². The van der Waals surface area contributed by atoms with E-state index >= 15 is 0 Å². The van der Waals surface area contributed by atoms with Gasteiger partial charge in [0, 0.05) is 0 Å². The molecule has 3 rings (SSSR count). The van der Waals surface area contributed by atoms with Gasteiger partial charge in [-0.05, 0) is 25.0 Å². The average molecular weight is 249 g/mol. The number of nitrogens with zero attached hydrogens (tertiary/aromatic N) is 1. The molecule has 0 bridgehead atoms. The topological polar surface area (TPSA) is 59.4 Å². The van der Waals surface area contributed by atoms with Crippen LogP contribution in [0, 0.1) is 0 Å². The molecule has 2 heterocycles. The van der Waals surface area contributed by atoms with E-state index in [-0.39, 0.29) is 6.10 Å². The first-order valence-electron chi connectivity index (χ1n) is 5.48. The molecule has 1 aromatic carbocycles. The van der Waals surface area contributed by atoms with E-state index in [1.54, 1.807) is 11.3 Å². The van der Waals surface area contributed by atoms with Gasteiger partial charge in [-0.15, -0.1) is 11.3 Å². The summed E-state index contributed by atoms with van der Waals surface area (Å²) in [5, 5.41) is 9.76. The van der Waals surface area contributed by atoms with Crippen molar-refractivity contribution < 1.29 is 14.6 Å². The highest BCUT2D eigenvalue weighted by molar-refractivity contribution is 7.18. The Morgan fingerprint density at radius 3 is 2.94 bits per heavy atom. The third-order valence-electron chi connectivity index (χ3n) is 2.88. The summed E-state index contributed by atoms with van der Waals surface area (Å²) < 4.78 is 6.60. The molecule has 17 heavy (non-hydrogen) atoms. The SMILES string of the molecule is O=C(O)C1CCC(c2nc3ccccc3s2)O1. The Hall–Kier alpha value is -1.46. The van der Waals surface area contributed by atoms with Crippen LogP contribution in [0.25, 0.3) is 10.2 Å². The van der Waals surface area contributed by atoms with Crippen LogP contribution in [0.15, 0.2) is 24.3 Å². The lowest BCUT2D eigenvalue weighted by Gasteiger charge is -2.07. The van der Waals surface area contributed by atoms with Gasteiger partial charge in [0.1, 0.15) is 11.1 Å². The summed E-state index contributed by atoms with van der Waals surface area (Å²) in [4.78, 5) is 15.3. The van der Waals surface area contributed by atoms with E-state index < -0.39 is 12.1 Å². The number of para-hydroxylation sites is 1. The van der Waals surface area contributed by atoms with Crippen LogP contribution in [0.1, 0.15) is 24.0 Å². The molecular formula is C12H11NO3S. The van der Waals surface area contributed by atoms with E-state index in [1.807, 2.05) is 24.3 Å². The van der Waals surface area contributed by atoms with E-state index in [9.17, 15) is 4.79 Å².